The van der Waals surface area contributed by atoms with E-state index in [-0.39, 0.29) is 23.0 Å². The number of para-hydroxylation sites is 2. The van der Waals surface area contributed by atoms with E-state index in [0.29, 0.717) is 36.5 Å². The summed E-state index contributed by atoms with van der Waals surface area (Å²) >= 11 is 0. The number of amides is 1. The lowest BCUT2D eigenvalue weighted by Crippen LogP contribution is -2.43. The van der Waals surface area contributed by atoms with Crippen molar-refractivity contribution >= 4 is 21.6 Å². The zero-order valence-electron chi connectivity index (χ0n) is 17.1. The van der Waals surface area contributed by atoms with Gasteiger partial charge in [0.15, 0.2) is 0 Å². The summed E-state index contributed by atoms with van der Waals surface area (Å²) in [7, 11) is -3.65. The van der Waals surface area contributed by atoms with E-state index in [4.69, 9.17) is 0 Å². The molecule has 1 unspecified atom stereocenters. The minimum atomic E-state index is -3.65. The number of benzene rings is 2. The number of sulfonamides is 1. The van der Waals surface area contributed by atoms with E-state index >= 15 is 0 Å². The van der Waals surface area contributed by atoms with E-state index in [0.717, 1.165) is 0 Å². The van der Waals surface area contributed by atoms with Crippen LogP contribution in [0, 0.1) is 12.8 Å². The quantitative estimate of drug-likeness (QED) is 0.636. The van der Waals surface area contributed by atoms with Crippen molar-refractivity contribution in [1.29, 1.82) is 0 Å². The molecule has 1 amide bonds. The molecule has 3 aromatic rings. The maximum absolute atomic E-state index is 13.0. The molecule has 1 fully saturated rings. The predicted octanol–water partition coefficient (Wildman–Crippen LogP) is 2.51. The number of carbonyl (C=O) groups excluding carboxylic acids is 1. The van der Waals surface area contributed by atoms with Gasteiger partial charge in [0.05, 0.1) is 22.2 Å². The largest absolute Gasteiger partial charge is 0.330 e. The van der Waals surface area contributed by atoms with Gasteiger partial charge in [-0.3, -0.25) is 9.36 Å². The first-order chi connectivity index (χ1) is 14.9. The molecule has 1 atom stereocenters. The Balaban J connectivity index is 1.55. The first-order valence-corrected chi connectivity index (χ1v) is 11.5. The second-order valence-electron chi connectivity index (χ2n) is 7.59. The van der Waals surface area contributed by atoms with Crippen molar-refractivity contribution in [3.63, 3.8) is 0 Å². The number of anilines is 1. The Hall–Kier alpha value is -3.17. The second kappa shape index (κ2) is 8.52. The second-order valence-corrected chi connectivity index (χ2v) is 9.53. The van der Waals surface area contributed by atoms with Crippen LogP contribution in [0.2, 0.25) is 0 Å². The zero-order chi connectivity index (χ0) is 22.0. The van der Waals surface area contributed by atoms with E-state index in [9.17, 15) is 18.0 Å². The monoisotopic (exact) mass is 440 g/mol. The number of rotatable bonds is 5. The molecule has 0 saturated carbocycles. The Morgan fingerprint density at radius 2 is 1.81 bits per heavy atom. The number of hydrogen-bond acceptors (Lipinski definition) is 4. The van der Waals surface area contributed by atoms with Gasteiger partial charge >= 0.3 is 5.69 Å². The summed E-state index contributed by atoms with van der Waals surface area (Å²) in [5, 5.41) is 2.90. The molecule has 9 heteroatoms. The van der Waals surface area contributed by atoms with Crippen LogP contribution >= 0.6 is 0 Å². The molecule has 2 aromatic carbocycles. The lowest BCUT2D eigenvalue weighted by molar-refractivity contribution is -0.120. The maximum Gasteiger partial charge on any atom is 0.330 e. The van der Waals surface area contributed by atoms with Gasteiger partial charge < -0.3 is 10.3 Å². The standard InChI is InChI=1S/C22H24N4O4S/c1-16-14-23-22(28)26(16)20-12-6-5-11-19(20)24-21(27)17-8-7-13-25(15-17)31(29,30)18-9-3-2-4-10-18/h2-6,9-12,14,17H,7-8,13,15H2,1H3,(H,23,28)(H,24,27). The zero-order valence-corrected chi connectivity index (χ0v) is 17.9. The number of hydrogen-bond donors (Lipinski definition) is 2. The van der Waals surface area contributed by atoms with Crippen LogP contribution in [0.25, 0.3) is 5.69 Å². The van der Waals surface area contributed by atoms with Crippen LogP contribution in [0.3, 0.4) is 0 Å². The van der Waals surface area contributed by atoms with Crippen molar-refractivity contribution < 1.29 is 13.2 Å². The molecule has 1 aliphatic rings. The molecule has 0 spiro atoms. The highest BCUT2D eigenvalue weighted by molar-refractivity contribution is 7.89. The summed E-state index contributed by atoms with van der Waals surface area (Å²) in [6, 6.07) is 15.3. The van der Waals surface area contributed by atoms with E-state index in [1.54, 1.807) is 67.7 Å². The lowest BCUT2D eigenvalue weighted by atomic mass is 9.98. The van der Waals surface area contributed by atoms with Crippen molar-refractivity contribution in [1.82, 2.24) is 13.9 Å². The fraction of sp³-hybridized carbons (Fsp3) is 0.273. The molecule has 0 bridgehead atoms. The van der Waals surface area contributed by atoms with Crippen LogP contribution in [0.15, 0.2) is 70.5 Å². The third kappa shape index (κ3) is 4.19. The highest BCUT2D eigenvalue weighted by Gasteiger charge is 2.33. The number of aromatic nitrogens is 2. The predicted molar refractivity (Wildman–Crippen MR) is 118 cm³/mol. The summed E-state index contributed by atoms with van der Waals surface area (Å²) < 4.78 is 28.8. The van der Waals surface area contributed by atoms with Crippen LogP contribution in [0.4, 0.5) is 5.69 Å². The average Bonchev–Trinajstić information content (AvgIpc) is 3.12. The van der Waals surface area contributed by atoms with Gasteiger partial charge in [0, 0.05) is 25.0 Å². The van der Waals surface area contributed by atoms with Crippen LogP contribution in [0.1, 0.15) is 18.5 Å². The van der Waals surface area contributed by atoms with Gasteiger partial charge in [-0.2, -0.15) is 4.31 Å². The van der Waals surface area contributed by atoms with Gasteiger partial charge in [0.25, 0.3) is 0 Å². The van der Waals surface area contributed by atoms with Crippen molar-refractivity contribution in [2.45, 2.75) is 24.7 Å². The van der Waals surface area contributed by atoms with Crippen molar-refractivity contribution in [2.75, 3.05) is 18.4 Å². The van der Waals surface area contributed by atoms with Crippen molar-refractivity contribution in [3.8, 4) is 5.69 Å². The molecular weight excluding hydrogens is 416 g/mol. The molecule has 1 aliphatic heterocycles. The van der Waals surface area contributed by atoms with Gasteiger partial charge in [-0.15, -0.1) is 0 Å². The van der Waals surface area contributed by atoms with Crippen molar-refractivity contribution in [3.05, 3.63) is 77.0 Å². The molecule has 162 valence electrons. The smallest absolute Gasteiger partial charge is 0.324 e. The van der Waals surface area contributed by atoms with E-state index in [1.165, 1.54) is 8.87 Å². The molecule has 1 saturated heterocycles. The number of H-pyrrole nitrogens is 1. The molecule has 4 rings (SSSR count). The highest BCUT2D eigenvalue weighted by atomic mass is 32.2. The van der Waals surface area contributed by atoms with Crippen LogP contribution in [0.5, 0.6) is 0 Å². The number of imidazole rings is 1. The van der Waals surface area contributed by atoms with Gasteiger partial charge in [-0.25, -0.2) is 13.2 Å². The summed E-state index contributed by atoms with van der Waals surface area (Å²) in [4.78, 5) is 28.1. The SMILES string of the molecule is Cc1c[nH]c(=O)n1-c1ccccc1NC(=O)C1CCCN(S(=O)(=O)c2ccccc2)C1. The molecule has 0 aliphatic carbocycles. The molecule has 1 aromatic heterocycles. The molecule has 0 radical (unpaired) electrons. The van der Waals surface area contributed by atoms with Crippen LogP contribution < -0.4 is 11.0 Å². The van der Waals surface area contributed by atoms with Gasteiger partial charge in [0.2, 0.25) is 15.9 Å². The fourth-order valence-electron chi connectivity index (χ4n) is 3.88. The van der Waals surface area contributed by atoms with E-state index in [2.05, 4.69) is 10.3 Å². The molecule has 31 heavy (non-hydrogen) atoms. The third-order valence-electron chi connectivity index (χ3n) is 5.50. The highest BCUT2D eigenvalue weighted by Crippen LogP contribution is 2.26. The van der Waals surface area contributed by atoms with Gasteiger partial charge in [-0.1, -0.05) is 30.3 Å². The number of aromatic amines is 1. The van der Waals surface area contributed by atoms with Crippen LogP contribution in [-0.4, -0.2) is 41.3 Å². The molecule has 2 heterocycles. The number of aryl methyl sites for hydroxylation is 1. The maximum atomic E-state index is 13.0. The Morgan fingerprint density at radius 3 is 2.52 bits per heavy atom. The summed E-state index contributed by atoms with van der Waals surface area (Å²) in [5.41, 5.74) is 1.48. The topological polar surface area (TPSA) is 104 Å². The number of carbonyl (C=O) groups is 1. The van der Waals surface area contributed by atoms with E-state index in [1.807, 2.05) is 0 Å². The lowest BCUT2D eigenvalue weighted by Gasteiger charge is -2.31. The molecule has 2 N–H and O–H groups in total. The molecular formula is C22H24N4O4S. The van der Waals surface area contributed by atoms with Gasteiger partial charge in [-0.05, 0) is 44.0 Å². The Kier molecular flexibility index (Phi) is 5.79. The normalized spacial score (nSPS) is 17.4. The Bertz CT molecular complexity index is 1250. The summed E-state index contributed by atoms with van der Waals surface area (Å²) in [6.07, 6.45) is 2.80. The number of nitrogens with zero attached hydrogens (tertiary/aromatic N) is 2. The first kappa shape index (κ1) is 21.1. The minimum Gasteiger partial charge on any atom is -0.324 e. The Morgan fingerprint density at radius 1 is 1.10 bits per heavy atom. The minimum absolute atomic E-state index is 0.119. The Labute approximate surface area is 180 Å². The first-order valence-electron chi connectivity index (χ1n) is 10.1. The van der Waals surface area contributed by atoms with E-state index < -0.39 is 15.9 Å². The summed E-state index contributed by atoms with van der Waals surface area (Å²) in [5.74, 6) is -0.744. The fourth-order valence-corrected chi connectivity index (χ4v) is 5.43. The average molecular weight is 441 g/mol. The van der Waals surface area contributed by atoms with Crippen LogP contribution in [-0.2, 0) is 14.8 Å². The number of piperidine rings is 1. The third-order valence-corrected chi connectivity index (χ3v) is 7.38. The van der Waals surface area contributed by atoms with Crippen molar-refractivity contribution in [2.24, 2.45) is 5.92 Å². The number of nitrogens with one attached hydrogen (secondary N) is 2. The summed E-state index contributed by atoms with van der Waals surface area (Å²) in [6.45, 7) is 2.30. The van der Waals surface area contributed by atoms with Gasteiger partial charge in [0.1, 0.15) is 0 Å². The molecule has 8 nitrogen and oxygen atoms in total.